The first kappa shape index (κ1) is 10.6. The van der Waals surface area contributed by atoms with Crippen molar-refractivity contribution in [2.45, 2.75) is 11.5 Å². The van der Waals surface area contributed by atoms with Crippen LogP contribution in [-0.4, -0.2) is 26.6 Å². The third kappa shape index (κ3) is 1.68. The standard InChI is InChI=1S/C11H13N5S/c1-12-9-7-5-17-6-8(7)14-10(15-9)11-13-3-4-16(11)2/h3-4H,5-6H2,1-2H3,(H,12,14,15). The molecule has 0 saturated heterocycles. The lowest BCUT2D eigenvalue weighted by Gasteiger charge is -2.08. The highest BCUT2D eigenvalue weighted by Gasteiger charge is 2.20. The summed E-state index contributed by atoms with van der Waals surface area (Å²) in [6, 6.07) is 0. The summed E-state index contributed by atoms with van der Waals surface area (Å²) in [4.78, 5) is 13.4. The largest absolute Gasteiger partial charge is 0.373 e. The molecule has 5 nitrogen and oxygen atoms in total. The van der Waals surface area contributed by atoms with Gasteiger partial charge in [-0.2, -0.15) is 11.8 Å². The number of thioether (sulfide) groups is 1. The van der Waals surface area contributed by atoms with E-state index in [1.807, 2.05) is 36.6 Å². The van der Waals surface area contributed by atoms with Crippen molar-refractivity contribution in [3.8, 4) is 11.6 Å². The van der Waals surface area contributed by atoms with Crippen LogP contribution in [-0.2, 0) is 18.6 Å². The maximum absolute atomic E-state index is 4.61. The van der Waals surface area contributed by atoms with Crippen molar-refractivity contribution in [2.75, 3.05) is 12.4 Å². The molecule has 6 heteroatoms. The minimum absolute atomic E-state index is 0.697. The molecule has 88 valence electrons. The second-order valence-electron chi connectivity index (χ2n) is 3.93. The maximum Gasteiger partial charge on any atom is 0.198 e. The van der Waals surface area contributed by atoms with Gasteiger partial charge in [-0.05, 0) is 0 Å². The average molecular weight is 247 g/mol. The summed E-state index contributed by atoms with van der Waals surface area (Å²) < 4.78 is 1.93. The zero-order valence-electron chi connectivity index (χ0n) is 9.77. The summed E-state index contributed by atoms with van der Waals surface area (Å²) in [5, 5.41) is 3.15. The first-order chi connectivity index (χ1) is 8.29. The molecule has 0 aliphatic carbocycles. The number of anilines is 1. The van der Waals surface area contributed by atoms with E-state index in [0.29, 0.717) is 5.82 Å². The van der Waals surface area contributed by atoms with E-state index in [9.17, 15) is 0 Å². The molecule has 1 aliphatic rings. The molecule has 3 rings (SSSR count). The summed E-state index contributed by atoms with van der Waals surface area (Å²) in [6.45, 7) is 0. The van der Waals surface area contributed by atoms with Crippen LogP contribution in [0.2, 0.25) is 0 Å². The molecule has 0 unspecified atom stereocenters. The Morgan fingerprint density at radius 2 is 2.24 bits per heavy atom. The van der Waals surface area contributed by atoms with Gasteiger partial charge in [-0.1, -0.05) is 0 Å². The Hall–Kier alpha value is -1.56. The van der Waals surface area contributed by atoms with Gasteiger partial charge in [0.05, 0.1) is 5.69 Å². The van der Waals surface area contributed by atoms with Gasteiger partial charge >= 0.3 is 0 Å². The van der Waals surface area contributed by atoms with Gasteiger partial charge in [0, 0.05) is 43.6 Å². The third-order valence-electron chi connectivity index (χ3n) is 2.84. The van der Waals surface area contributed by atoms with Crippen molar-refractivity contribution in [1.82, 2.24) is 19.5 Å². The van der Waals surface area contributed by atoms with Crippen LogP contribution in [0.5, 0.6) is 0 Å². The van der Waals surface area contributed by atoms with Gasteiger partial charge in [0.2, 0.25) is 0 Å². The topological polar surface area (TPSA) is 55.6 Å². The zero-order chi connectivity index (χ0) is 11.8. The number of aromatic nitrogens is 4. The fourth-order valence-corrected chi connectivity index (χ4v) is 2.98. The smallest absolute Gasteiger partial charge is 0.198 e. The van der Waals surface area contributed by atoms with E-state index in [4.69, 9.17) is 0 Å². The minimum Gasteiger partial charge on any atom is -0.373 e. The maximum atomic E-state index is 4.61. The predicted molar refractivity (Wildman–Crippen MR) is 68.8 cm³/mol. The van der Waals surface area contributed by atoms with Crippen molar-refractivity contribution in [3.63, 3.8) is 0 Å². The molecular weight excluding hydrogens is 234 g/mol. The Labute approximate surface area is 104 Å². The third-order valence-corrected chi connectivity index (χ3v) is 3.81. The molecule has 0 bridgehead atoms. The highest BCUT2D eigenvalue weighted by atomic mass is 32.2. The van der Waals surface area contributed by atoms with Crippen LogP contribution < -0.4 is 5.32 Å². The first-order valence-electron chi connectivity index (χ1n) is 5.42. The number of imidazole rings is 1. The van der Waals surface area contributed by atoms with Crippen LogP contribution in [0.15, 0.2) is 12.4 Å². The Morgan fingerprint density at radius 3 is 2.94 bits per heavy atom. The normalized spacial score (nSPS) is 13.8. The van der Waals surface area contributed by atoms with Gasteiger partial charge in [-0.3, -0.25) is 0 Å². The Bertz CT molecular complexity index is 563. The molecule has 0 saturated carbocycles. The summed E-state index contributed by atoms with van der Waals surface area (Å²) in [5.41, 5.74) is 2.36. The van der Waals surface area contributed by atoms with Gasteiger partial charge < -0.3 is 9.88 Å². The van der Waals surface area contributed by atoms with Gasteiger partial charge in [0.1, 0.15) is 5.82 Å². The monoisotopic (exact) mass is 247 g/mol. The van der Waals surface area contributed by atoms with E-state index in [-0.39, 0.29) is 0 Å². The van der Waals surface area contributed by atoms with Gasteiger partial charge in [0.15, 0.2) is 11.6 Å². The Morgan fingerprint density at radius 1 is 1.35 bits per heavy atom. The lowest BCUT2D eigenvalue weighted by molar-refractivity contribution is 0.900. The minimum atomic E-state index is 0.697. The van der Waals surface area contributed by atoms with Gasteiger partial charge in [-0.15, -0.1) is 0 Å². The van der Waals surface area contributed by atoms with Crippen LogP contribution in [0.4, 0.5) is 5.82 Å². The highest BCUT2D eigenvalue weighted by molar-refractivity contribution is 7.98. The molecule has 17 heavy (non-hydrogen) atoms. The number of hydrogen-bond donors (Lipinski definition) is 1. The molecule has 0 spiro atoms. The number of hydrogen-bond acceptors (Lipinski definition) is 5. The fourth-order valence-electron chi connectivity index (χ4n) is 1.94. The van der Waals surface area contributed by atoms with E-state index < -0.39 is 0 Å². The Kier molecular flexibility index (Phi) is 2.51. The van der Waals surface area contributed by atoms with Crippen molar-refractivity contribution < 1.29 is 0 Å². The number of rotatable bonds is 2. The summed E-state index contributed by atoms with van der Waals surface area (Å²) in [5.74, 6) is 4.39. The first-order valence-corrected chi connectivity index (χ1v) is 6.58. The molecule has 3 heterocycles. The van der Waals surface area contributed by atoms with E-state index in [1.54, 1.807) is 6.20 Å². The second kappa shape index (κ2) is 4.03. The van der Waals surface area contributed by atoms with Crippen LogP contribution in [0.25, 0.3) is 11.6 Å². The molecular formula is C11H13N5S. The molecule has 2 aromatic heterocycles. The molecule has 0 atom stereocenters. The molecule has 0 fully saturated rings. The number of fused-ring (bicyclic) bond motifs is 1. The molecule has 0 aromatic carbocycles. The van der Waals surface area contributed by atoms with E-state index in [2.05, 4.69) is 20.3 Å². The van der Waals surface area contributed by atoms with Crippen LogP contribution in [0.3, 0.4) is 0 Å². The lowest BCUT2D eigenvalue weighted by Crippen LogP contribution is -2.05. The molecule has 1 N–H and O–H groups in total. The van der Waals surface area contributed by atoms with Crippen LogP contribution >= 0.6 is 11.8 Å². The summed E-state index contributed by atoms with van der Waals surface area (Å²) in [6.07, 6.45) is 3.67. The molecule has 0 amide bonds. The van der Waals surface area contributed by atoms with Crippen molar-refractivity contribution in [2.24, 2.45) is 7.05 Å². The SMILES string of the molecule is CNc1nc(-c2nccn2C)nc2c1CSC2. The number of aryl methyl sites for hydroxylation is 1. The number of nitrogens with one attached hydrogen (secondary N) is 1. The van der Waals surface area contributed by atoms with Gasteiger partial charge in [-0.25, -0.2) is 15.0 Å². The van der Waals surface area contributed by atoms with Crippen molar-refractivity contribution in [1.29, 1.82) is 0 Å². The predicted octanol–water partition coefficient (Wildman–Crippen LogP) is 1.67. The molecule has 0 radical (unpaired) electrons. The number of nitrogens with zero attached hydrogens (tertiary/aromatic N) is 4. The zero-order valence-corrected chi connectivity index (χ0v) is 10.6. The molecule has 1 aliphatic heterocycles. The van der Waals surface area contributed by atoms with E-state index >= 15 is 0 Å². The van der Waals surface area contributed by atoms with Crippen LogP contribution in [0.1, 0.15) is 11.3 Å². The quantitative estimate of drug-likeness (QED) is 0.874. The lowest BCUT2D eigenvalue weighted by atomic mass is 10.2. The fraction of sp³-hybridized carbons (Fsp3) is 0.364. The summed E-state index contributed by atoms with van der Waals surface area (Å²) in [7, 11) is 3.85. The average Bonchev–Trinajstić information content (AvgIpc) is 2.95. The summed E-state index contributed by atoms with van der Waals surface area (Å²) >= 11 is 1.87. The van der Waals surface area contributed by atoms with E-state index in [0.717, 1.165) is 28.8 Å². The van der Waals surface area contributed by atoms with Crippen molar-refractivity contribution in [3.05, 3.63) is 23.7 Å². The second-order valence-corrected chi connectivity index (χ2v) is 4.91. The van der Waals surface area contributed by atoms with Crippen LogP contribution in [0, 0.1) is 0 Å². The molecule has 2 aromatic rings. The van der Waals surface area contributed by atoms with Gasteiger partial charge in [0.25, 0.3) is 0 Å². The van der Waals surface area contributed by atoms with Crippen molar-refractivity contribution >= 4 is 17.6 Å². The highest BCUT2D eigenvalue weighted by Crippen LogP contribution is 2.33. The Balaban J connectivity index is 2.16. The van der Waals surface area contributed by atoms with E-state index in [1.165, 1.54) is 5.56 Å².